The third-order valence-electron chi connectivity index (χ3n) is 1.96. The summed E-state index contributed by atoms with van der Waals surface area (Å²) in [5, 5.41) is 0. The molecule has 2 N–H and O–H groups in total. The van der Waals surface area contributed by atoms with Crippen molar-refractivity contribution in [3.8, 4) is 0 Å². The molecule has 0 aromatic carbocycles. The SMILES string of the molecule is CC1(C)CN1CCCN. The van der Waals surface area contributed by atoms with Gasteiger partial charge in [0, 0.05) is 12.1 Å². The number of hydrogen-bond acceptors (Lipinski definition) is 2. The lowest BCUT2D eigenvalue weighted by atomic mass is 10.2. The van der Waals surface area contributed by atoms with Gasteiger partial charge in [0.25, 0.3) is 0 Å². The van der Waals surface area contributed by atoms with Gasteiger partial charge in [-0.1, -0.05) is 0 Å². The quantitative estimate of drug-likeness (QED) is 0.558. The minimum absolute atomic E-state index is 0.495. The van der Waals surface area contributed by atoms with Gasteiger partial charge in [0.2, 0.25) is 0 Å². The van der Waals surface area contributed by atoms with Gasteiger partial charge in [-0.15, -0.1) is 0 Å². The highest BCUT2D eigenvalue weighted by molar-refractivity contribution is 4.98. The Morgan fingerprint density at radius 2 is 2.11 bits per heavy atom. The highest BCUT2D eigenvalue weighted by atomic mass is 15.3. The fraction of sp³-hybridized carbons (Fsp3) is 1.00. The molecule has 9 heavy (non-hydrogen) atoms. The summed E-state index contributed by atoms with van der Waals surface area (Å²) in [5.41, 5.74) is 5.86. The van der Waals surface area contributed by atoms with Gasteiger partial charge in [0.05, 0.1) is 0 Å². The Hall–Kier alpha value is -0.0800. The van der Waals surface area contributed by atoms with Gasteiger partial charge in [-0.3, -0.25) is 4.90 Å². The molecular formula is C7H16N2. The molecular weight excluding hydrogens is 112 g/mol. The van der Waals surface area contributed by atoms with Crippen LogP contribution in [-0.4, -0.2) is 30.1 Å². The molecule has 0 saturated carbocycles. The molecule has 2 heteroatoms. The third-order valence-corrected chi connectivity index (χ3v) is 1.96. The van der Waals surface area contributed by atoms with E-state index in [9.17, 15) is 0 Å². The van der Waals surface area contributed by atoms with Crippen molar-refractivity contribution in [2.75, 3.05) is 19.6 Å². The average molecular weight is 128 g/mol. The Bertz CT molecular complexity index is 99.1. The van der Waals surface area contributed by atoms with E-state index in [0.717, 1.165) is 13.0 Å². The van der Waals surface area contributed by atoms with E-state index in [-0.39, 0.29) is 0 Å². The Morgan fingerprint density at radius 1 is 1.56 bits per heavy atom. The Labute approximate surface area is 57.0 Å². The van der Waals surface area contributed by atoms with Gasteiger partial charge >= 0.3 is 0 Å². The van der Waals surface area contributed by atoms with Crippen LogP contribution in [0.15, 0.2) is 0 Å². The fourth-order valence-corrected chi connectivity index (χ4v) is 1.10. The van der Waals surface area contributed by atoms with E-state index in [0.29, 0.717) is 5.54 Å². The normalized spacial score (nSPS) is 30.3. The maximum absolute atomic E-state index is 5.37. The molecule has 1 heterocycles. The van der Waals surface area contributed by atoms with Gasteiger partial charge in [-0.05, 0) is 33.4 Å². The Balaban J connectivity index is 2.06. The third kappa shape index (κ3) is 1.66. The van der Waals surface area contributed by atoms with Crippen LogP contribution in [0.4, 0.5) is 0 Å². The predicted molar refractivity (Wildman–Crippen MR) is 39.3 cm³/mol. The van der Waals surface area contributed by atoms with E-state index < -0.39 is 0 Å². The van der Waals surface area contributed by atoms with Gasteiger partial charge in [-0.2, -0.15) is 0 Å². The first-order valence-corrected chi connectivity index (χ1v) is 3.62. The topological polar surface area (TPSA) is 29.0 Å². The number of rotatable bonds is 3. The van der Waals surface area contributed by atoms with E-state index in [1.165, 1.54) is 13.1 Å². The van der Waals surface area contributed by atoms with Crippen molar-refractivity contribution in [3.63, 3.8) is 0 Å². The summed E-state index contributed by atoms with van der Waals surface area (Å²) < 4.78 is 0. The van der Waals surface area contributed by atoms with Crippen LogP contribution in [0.1, 0.15) is 20.3 Å². The zero-order valence-electron chi connectivity index (χ0n) is 6.35. The molecule has 1 aliphatic heterocycles. The van der Waals surface area contributed by atoms with Gasteiger partial charge < -0.3 is 5.73 Å². The monoisotopic (exact) mass is 128 g/mol. The highest BCUT2D eigenvalue weighted by Crippen LogP contribution is 2.29. The van der Waals surface area contributed by atoms with Crippen LogP contribution < -0.4 is 5.73 Å². The second kappa shape index (κ2) is 2.27. The highest BCUT2D eigenvalue weighted by Gasteiger charge is 2.41. The molecule has 1 saturated heterocycles. The maximum Gasteiger partial charge on any atom is 0.0281 e. The molecule has 2 nitrogen and oxygen atoms in total. The van der Waals surface area contributed by atoms with Gasteiger partial charge in [0.1, 0.15) is 0 Å². The Kier molecular flexibility index (Phi) is 1.78. The second-order valence-electron chi connectivity index (χ2n) is 3.38. The molecule has 0 aromatic rings. The van der Waals surface area contributed by atoms with Crippen molar-refractivity contribution in [3.05, 3.63) is 0 Å². The molecule has 0 aromatic heterocycles. The zero-order chi connectivity index (χ0) is 6.91. The molecule has 1 unspecified atom stereocenters. The van der Waals surface area contributed by atoms with Crippen molar-refractivity contribution in [1.82, 2.24) is 4.90 Å². The van der Waals surface area contributed by atoms with E-state index in [4.69, 9.17) is 5.73 Å². The first-order chi connectivity index (χ1) is 4.17. The number of hydrogen-bond donors (Lipinski definition) is 1. The molecule has 1 aliphatic rings. The molecule has 54 valence electrons. The summed E-state index contributed by atoms with van der Waals surface area (Å²) in [6.45, 7) is 7.80. The van der Waals surface area contributed by atoms with Gasteiger partial charge in [0.15, 0.2) is 0 Å². The molecule has 0 bridgehead atoms. The lowest BCUT2D eigenvalue weighted by molar-refractivity contribution is 0.439. The van der Waals surface area contributed by atoms with Crippen molar-refractivity contribution < 1.29 is 0 Å². The predicted octanol–water partition coefficient (Wildman–Crippen LogP) is 0.429. The van der Waals surface area contributed by atoms with Crippen LogP contribution in [0.5, 0.6) is 0 Å². The van der Waals surface area contributed by atoms with Crippen LogP contribution >= 0.6 is 0 Å². The molecule has 1 fully saturated rings. The molecule has 0 amide bonds. The maximum atomic E-state index is 5.37. The van der Waals surface area contributed by atoms with Crippen LogP contribution in [0.3, 0.4) is 0 Å². The lowest BCUT2D eigenvalue weighted by Crippen LogP contribution is -2.13. The van der Waals surface area contributed by atoms with Crippen LogP contribution in [0.25, 0.3) is 0 Å². The van der Waals surface area contributed by atoms with Crippen molar-refractivity contribution >= 4 is 0 Å². The Morgan fingerprint density at radius 3 is 2.44 bits per heavy atom. The summed E-state index contributed by atoms with van der Waals surface area (Å²) in [4.78, 5) is 2.44. The van der Waals surface area contributed by atoms with E-state index in [1.54, 1.807) is 0 Å². The minimum Gasteiger partial charge on any atom is -0.330 e. The summed E-state index contributed by atoms with van der Waals surface area (Å²) in [6, 6.07) is 0. The number of nitrogens with zero attached hydrogens (tertiary/aromatic N) is 1. The standard InChI is InChI=1S/C7H16N2/c1-7(2)6-9(7)5-3-4-8/h3-6,8H2,1-2H3. The van der Waals surface area contributed by atoms with E-state index in [1.807, 2.05) is 0 Å². The zero-order valence-corrected chi connectivity index (χ0v) is 6.35. The fourth-order valence-electron chi connectivity index (χ4n) is 1.10. The molecule has 0 radical (unpaired) electrons. The largest absolute Gasteiger partial charge is 0.330 e. The van der Waals surface area contributed by atoms with Crippen LogP contribution in [0, 0.1) is 0 Å². The molecule has 0 aliphatic carbocycles. The van der Waals surface area contributed by atoms with Gasteiger partial charge in [-0.25, -0.2) is 0 Å². The first kappa shape index (κ1) is 7.03. The van der Waals surface area contributed by atoms with E-state index >= 15 is 0 Å². The summed E-state index contributed by atoms with van der Waals surface area (Å²) in [7, 11) is 0. The van der Waals surface area contributed by atoms with Crippen LogP contribution in [-0.2, 0) is 0 Å². The minimum atomic E-state index is 0.495. The summed E-state index contributed by atoms with van der Waals surface area (Å²) in [5.74, 6) is 0. The smallest absolute Gasteiger partial charge is 0.0281 e. The second-order valence-corrected chi connectivity index (χ2v) is 3.38. The molecule has 0 spiro atoms. The van der Waals surface area contributed by atoms with Crippen LogP contribution in [0.2, 0.25) is 0 Å². The van der Waals surface area contributed by atoms with Crippen molar-refractivity contribution in [2.24, 2.45) is 5.73 Å². The summed E-state index contributed by atoms with van der Waals surface area (Å²) >= 11 is 0. The lowest BCUT2D eigenvalue weighted by Gasteiger charge is -2.03. The van der Waals surface area contributed by atoms with Crippen molar-refractivity contribution in [1.29, 1.82) is 0 Å². The number of nitrogens with two attached hydrogens (primary N) is 1. The average Bonchev–Trinajstić information content (AvgIpc) is 2.35. The summed E-state index contributed by atoms with van der Waals surface area (Å²) in [6.07, 6.45) is 1.14. The molecule has 1 atom stereocenters. The van der Waals surface area contributed by atoms with Crippen molar-refractivity contribution in [2.45, 2.75) is 25.8 Å². The van der Waals surface area contributed by atoms with E-state index in [2.05, 4.69) is 18.7 Å². The first-order valence-electron chi connectivity index (χ1n) is 3.62. The molecule has 1 rings (SSSR count).